The first-order valence-electron chi connectivity index (χ1n) is 4.02. The van der Waals surface area contributed by atoms with Crippen molar-refractivity contribution in [1.29, 1.82) is 0 Å². The van der Waals surface area contributed by atoms with Crippen molar-refractivity contribution in [3.05, 3.63) is 34.6 Å². The van der Waals surface area contributed by atoms with Crippen LogP contribution in [-0.2, 0) is 9.57 Å². The van der Waals surface area contributed by atoms with Crippen LogP contribution in [0.25, 0.3) is 0 Å². The average Bonchev–Trinajstić information content (AvgIpc) is 2.18. The number of carbonyl (C=O) groups excluding carboxylic acids is 1. The minimum Gasteiger partial charge on any atom is -0.356 e. The second-order valence-corrected chi connectivity index (χ2v) is 2.99. The summed E-state index contributed by atoms with van der Waals surface area (Å²) in [6, 6.07) is 3.96. The summed E-state index contributed by atoms with van der Waals surface area (Å²) in [7, 11) is 1.39. The maximum Gasteiger partial charge on any atom is 0.279 e. The van der Waals surface area contributed by atoms with Crippen LogP contribution in [0.15, 0.2) is 18.2 Å². The Morgan fingerprint density at radius 2 is 2.33 bits per heavy atom. The number of rotatable bonds is 4. The lowest BCUT2D eigenvalue weighted by atomic mass is 10.2. The van der Waals surface area contributed by atoms with E-state index in [-0.39, 0.29) is 17.4 Å². The summed E-state index contributed by atoms with van der Waals surface area (Å²) in [4.78, 5) is 15.9. The van der Waals surface area contributed by atoms with E-state index in [0.29, 0.717) is 0 Å². The lowest BCUT2D eigenvalue weighted by Gasteiger charge is -2.06. The number of hydrogen-bond acceptors (Lipinski definition) is 3. The number of methoxy groups -OCH3 is 1. The highest BCUT2D eigenvalue weighted by atomic mass is 35.5. The first kappa shape index (κ1) is 11.9. The van der Waals surface area contributed by atoms with Gasteiger partial charge in [-0.25, -0.2) is 14.7 Å². The van der Waals surface area contributed by atoms with Crippen molar-refractivity contribution < 1.29 is 18.8 Å². The molecule has 1 aromatic rings. The fourth-order valence-corrected chi connectivity index (χ4v) is 1.17. The standard InChI is InChI=1S/C9H9ClFNO3/c1-14-5-15-12-9(13)8-6(10)3-2-4-7(8)11/h2-4H,5H2,1H3,(H,12,13). The Bertz CT molecular complexity index is 339. The van der Waals surface area contributed by atoms with Crippen LogP contribution in [0.3, 0.4) is 0 Å². The third-order valence-corrected chi connectivity index (χ3v) is 1.85. The molecule has 0 radical (unpaired) electrons. The molecule has 0 aliphatic rings. The maximum atomic E-state index is 13.2. The number of benzene rings is 1. The summed E-state index contributed by atoms with van der Waals surface area (Å²) < 4.78 is 17.7. The largest absolute Gasteiger partial charge is 0.356 e. The van der Waals surface area contributed by atoms with E-state index in [9.17, 15) is 9.18 Å². The molecular weight excluding hydrogens is 225 g/mol. The van der Waals surface area contributed by atoms with E-state index < -0.39 is 11.7 Å². The minimum atomic E-state index is -0.754. The summed E-state index contributed by atoms with van der Waals surface area (Å²) in [6.07, 6.45) is 0. The van der Waals surface area contributed by atoms with Crippen LogP contribution in [0.1, 0.15) is 10.4 Å². The normalized spacial score (nSPS) is 10.1. The van der Waals surface area contributed by atoms with Gasteiger partial charge in [0, 0.05) is 7.11 Å². The van der Waals surface area contributed by atoms with Crippen LogP contribution < -0.4 is 5.48 Å². The highest BCUT2D eigenvalue weighted by Crippen LogP contribution is 2.18. The molecule has 1 N–H and O–H groups in total. The topological polar surface area (TPSA) is 47.6 Å². The monoisotopic (exact) mass is 233 g/mol. The molecule has 1 amide bonds. The molecule has 0 saturated carbocycles. The van der Waals surface area contributed by atoms with Crippen molar-refractivity contribution in [3.8, 4) is 0 Å². The Balaban J connectivity index is 2.73. The molecule has 0 atom stereocenters. The van der Waals surface area contributed by atoms with Crippen molar-refractivity contribution in [3.63, 3.8) is 0 Å². The first-order chi connectivity index (χ1) is 7.16. The first-order valence-corrected chi connectivity index (χ1v) is 4.39. The zero-order chi connectivity index (χ0) is 11.3. The van der Waals surface area contributed by atoms with E-state index in [1.54, 1.807) is 0 Å². The van der Waals surface area contributed by atoms with Crippen molar-refractivity contribution >= 4 is 17.5 Å². The summed E-state index contributed by atoms with van der Waals surface area (Å²) in [5.74, 6) is -1.46. The summed E-state index contributed by atoms with van der Waals surface area (Å²) in [6.45, 7) is -0.127. The van der Waals surface area contributed by atoms with Crippen LogP contribution in [0.4, 0.5) is 4.39 Å². The van der Waals surface area contributed by atoms with Crippen LogP contribution in [0.2, 0.25) is 5.02 Å². The van der Waals surface area contributed by atoms with Gasteiger partial charge in [0.1, 0.15) is 5.82 Å². The molecule has 82 valence electrons. The fourth-order valence-electron chi connectivity index (χ4n) is 0.920. The van der Waals surface area contributed by atoms with Gasteiger partial charge in [0.2, 0.25) is 0 Å². The van der Waals surface area contributed by atoms with E-state index in [1.807, 2.05) is 5.48 Å². The van der Waals surface area contributed by atoms with Crippen LogP contribution in [0, 0.1) is 5.82 Å². The molecule has 0 aromatic heterocycles. The Hall–Kier alpha value is -1.17. The highest BCUT2D eigenvalue weighted by molar-refractivity contribution is 6.33. The molecule has 4 nitrogen and oxygen atoms in total. The van der Waals surface area contributed by atoms with Gasteiger partial charge in [0.05, 0.1) is 10.6 Å². The number of hydrogen-bond donors (Lipinski definition) is 1. The molecule has 1 aromatic carbocycles. The van der Waals surface area contributed by atoms with E-state index in [0.717, 1.165) is 6.07 Å². The van der Waals surface area contributed by atoms with Gasteiger partial charge in [-0.3, -0.25) is 4.79 Å². The van der Waals surface area contributed by atoms with Gasteiger partial charge in [0.15, 0.2) is 6.79 Å². The number of carbonyl (C=O) groups is 1. The SMILES string of the molecule is COCONC(=O)c1c(F)cccc1Cl. The van der Waals surface area contributed by atoms with Gasteiger partial charge in [0.25, 0.3) is 5.91 Å². The van der Waals surface area contributed by atoms with Crippen molar-refractivity contribution in [2.75, 3.05) is 13.9 Å². The molecule has 0 bridgehead atoms. The third kappa shape index (κ3) is 3.16. The van der Waals surface area contributed by atoms with Gasteiger partial charge in [-0.2, -0.15) is 0 Å². The Kier molecular flexibility index (Phi) is 4.48. The molecule has 6 heteroatoms. The summed E-state index contributed by atoms with van der Waals surface area (Å²) >= 11 is 5.65. The average molecular weight is 234 g/mol. The Morgan fingerprint density at radius 1 is 1.60 bits per heavy atom. The Labute approximate surface area is 90.9 Å². The summed E-state index contributed by atoms with van der Waals surface area (Å²) in [5.41, 5.74) is 1.74. The lowest BCUT2D eigenvalue weighted by Crippen LogP contribution is -2.25. The predicted molar refractivity (Wildman–Crippen MR) is 51.8 cm³/mol. The van der Waals surface area contributed by atoms with E-state index in [1.165, 1.54) is 19.2 Å². The van der Waals surface area contributed by atoms with Gasteiger partial charge >= 0.3 is 0 Å². The second-order valence-electron chi connectivity index (χ2n) is 2.58. The molecule has 0 aliphatic carbocycles. The minimum absolute atomic E-state index is 0.0218. The molecule has 1 rings (SSSR count). The zero-order valence-corrected chi connectivity index (χ0v) is 8.68. The maximum absolute atomic E-state index is 13.2. The van der Waals surface area contributed by atoms with Gasteiger partial charge in [-0.05, 0) is 12.1 Å². The zero-order valence-electron chi connectivity index (χ0n) is 7.92. The van der Waals surface area contributed by atoms with E-state index >= 15 is 0 Å². The Morgan fingerprint density at radius 3 is 2.93 bits per heavy atom. The van der Waals surface area contributed by atoms with E-state index in [4.69, 9.17) is 11.6 Å². The number of amides is 1. The fraction of sp³-hybridized carbons (Fsp3) is 0.222. The van der Waals surface area contributed by atoms with Gasteiger partial charge in [-0.15, -0.1) is 0 Å². The number of nitrogens with one attached hydrogen (secondary N) is 1. The van der Waals surface area contributed by atoms with Crippen molar-refractivity contribution in [2.24, 2.45) is 0 Å². The molecule has 15 heavy (non-hydrogen) atoms. The molecule has 0 saturated heterocycles. The molecule has 0 heterocycles. The van der Waals surface area contributed by atoms with Crippen LogP contribution in [0.5, 0.6) is 0 Å². The van der Waals surface area contributed by atoms with Gasteiger partial charge in [-0.1, -0.05) is 17.7 Å². The highest BCUT2D eigenvalue weighted by Gasteiger charge is 2.15. The quantitative estimate of drug-likeness (QED) is 0.490. The number of halogens is 2. The molecule has 0 aliphatic heterocycles. The van der Waals surface area contributed by atoms with Crippen molar-refractivity contribution in [2.45, 2.75) is 0 Å². The molecule has 0 fully saturated rings. The number of hydroxylamine groups is 1. The van der Waals surface area contributed by atoms with E-state index in [2.05, 4.69) is 9.57 Å². The van der Waals surface area contributed by atoms with Crippen LogP contribution >= 0.6 is 11.6 Å². The second kappa shape index (κ2) is 5.65. The van der Waals surface area contributed by atoms with Gasteiger partial charge < -0.3 is 4.74 Å². The third-order valence-electron chi connectivity index (χ3n) is 1.53. The lowest BCUT2D eigenvalue weighted by molar-refractivity contribution is -0.0705. The molecule has 0 spiro atoms. The van der Waals surface area contributed by atoms with Crippen LogP contribution in [-0.4, -0.2) is 19.8 Å². The van der Waals surface area contributed by atoms with Crippen molar-refractivity contribution in [1.82, 2.24) is 5.48 Å². The predicted octanol–water partition coefficient (Wildman–Crippen LogP) is 1.74. The smallest absolute Gasteiger partial charge is 0.279 e. The molecule has 0 unspecified atom stereocenters. The number of ether oxygens (including phenoxy) is 1. The molecular formula is C9H9ClFNO3. The summed E-state index contributed by atoms with van der Waals surface area (Å²) in [5, 5.41) is 0.0218.